The van der Waals surface area contributed by atoms with Gasteiger partial charge in [0, 0.05) is 35.7 Å². The quantitative estimate of drug-likeness (QED) is 0.171. The molecule has 57 heavy (non-hydrogen) atoms. The van der Waals surface area contributed by atoms with E-state index in [0.717, 1.165) is 42.3 Å². The van der Waals surface area contributed by atoms with E-state index in [2.05, 4.69) is 135 Å². The van der Waals surface area contributed by atoms with Crippen molar-refractivity contribution < 1.29 is 0 Å². The van der Waals surface area contributed by atoms with Gasteiger partial charge in [-0.25, -0.2) is 0 Å². The normalized spacial score (nSPS) is 18.5. The second-order valence-electron chi connectivity index (χ2n) is 18.8. The Kier molecular flexibility index (Phi) is 23.7. The molecule has 0 radical (unpaired) electrons. The molecule has 2 saturated carbocycles. The fourth-order valence-electron chi connectivity index (χ4n) is 8.75. The Balaban J connectivity index is 0.000000585. The first kappa shape index (κ1) is 50.1. The lowest BCUT2D eigenvalue weighted by atomic mass is 9.82. The van der Waals surface area contributed by atoms with Crippen LogP contribution in [-0.2, 0) is 0 Å². The standard InChI is InChI=1S/C39H54N2.C7H14.C7H16.C2H6/c1-27-17-19-35(23-29(3)31(5)37-24-34(20-18-28(37)2)33-14-11-10-12-15-33)38(22-27)32(6)41-21-13-16-36(26-41)40-30(4)25-39(7,8)9;1-7-5-3-2-4-6-7;1-3-5-7-6-4-2;1-2/h17-20,22-24,33,36,40H,3-5,10-16,21,25-26H2,1-2,6-9H3;7H,2-6H2,1H3;3-7H2,1-2H3;1-2H3/b35-23-,38-32+;;;/t36-;;;/m0.../s1. The molecule has 1 aliphatic heterocycles. The first-order chi connectivity index (χ1) is 27.2. The third-order valence-corrected chi connectivity index (χ3v) is 12.1. The van der Waals surface area contributed by atoms with Crippen LogP contribution in [0.25, 0.3) is 17.3 Å². The van der Waals surface area contributed by atoms with Crippen LogP contribution in [-0.4, -0.2) is 24.0 Å². The van der Waals surface area contributed by atoms with Crippen LogP contribution >= 0.6 is 0 Å². The number of rotatable bonds is 12. The summed E-state index contributed by atoms with van der Waals surface area (Å²) in [5, 5.41) is 6.26. The SMILES string of the molecule is C=C(CC(C)(C)C)N[C@H]1CCCN(/C(C)=c2\cc(C)cc\c2=C\C(=C)C(=C)c2cc(C3CCCCC3)ccc2C)C1.CC.CC1CCCCC1.CCCCCCC. The van der Waals surface area contributed by atoms with Gasteiger partial charge in [0.2, 0.25) is 0 Å². The van der Waals surface area contributed by atoms with Crippen LogP contribution in [0.1, 0.15) is 206 Å². The molecule has 0 spiro atoms. The number of aryl methyl sites for hydroxylation is 2. The Hall–Kier alpha value is -3.00. The molecule has 1 N–H and O–H groups in total. The molecule has 2 aromatic rings. The Labute approximate surface area is 354 Å². The summed E-state index contributed by atoms with van der Waals surface area (Å²) < 4.78 is 0. The minimum atomic E-state index is 0.245. The van der Waals surface area contributed by atoms with Gasteiger partial charge < -0.3 is 10.2 Å². The van der Waals surface area contributed by atoms with Gasteiger partial charge in [-0.1, -0.05) is 194 Å². The van der Waals surface area contributed by atoms with Crippen molar-refractivity contribution in [2.45, 2.75) is 204 Å². The molecule has 0 amide bonds. The molecular formula is C55H90N2. The number of hydrogen-bond acceptors (Lipinski definition) is 2. The van der Waals surface area contributed by atoms with E-state index in [1.54, 1.807) is 0 Å². The fourth-order valence-corrected chi connectivity index (χ4v) is 8.75. The highest BCUT2D eigenvalue weighted by Crippen LogP contribution is 2.35. The lowest BCUT2D eigenvalue weighted by molar-refractivity contribution is 0.265. The van der Waals surface area contributed by atoms with Crippen molar-refractivity contribution in [3.8, 4) is 0 Å². The molecule has 2 aromatic carbocycles. The molecule has 0 bridgehead atoms. The number of likely N-dealkylation sites (tertiary alicyclic amines) is 1. The van der Waals surface area contributed by atoms with E-state index in [1.807, 2.05) is 13.8 Å². The molecule has 2 nitrogen and oxygen atoms in total. The van der Waals surface area contributed by atoms with Crippen molar-refractivity contribution in [2.24, 2.45) is 11.3 Å². The number of nitrogens with zero attached hydrogens (tertiary/aromatic N) is 1. The fraction of sp³-hybridized carbons (Fsp3) is 0.636. The maximum absolute atomic E-state index is 4.55. The summed E-state index contributed by atoms with van der Waals surface area (Å²) in [5.74, 6) is 1.72. The van der Waals surface area contributed by atoms with E-state index in [9.17, 15) is 0 Å². The molecule has 2 heteroatoms. The molecule has 0 unspecified atom stereocenters. The number of hydrogen-bond donors (Lipinski definition) is 1. The Bertz CT molecular complexity index is 1600. The predicted octanol–water partition coefficient (Wildman–Crippen LogP) is 15.1. The lowest BCUT2D eigenvalue weighted by Gasteiger charge is -2.37. The number of unbranched alkanes of at least 4 members (excludes halogenated alkanes) is 4. The summed E-state index contributed by atoms with van der Waals surface area (Å²) in [5.41, 5.74) is 10.0. The third kappa shape index (κ3) is 18.6. The maximum atomic E-state index is 4.55. The van der Waals surface area contributed by atoms with Crippen LogP contribution in [0.15, 0.2) is 67.4 Å². The average Bonchev–Trinajstić information content (AvgIpc) is 3.19. The molecule has 0 aromatic heterocycles. The Morgan fingerprint density at radius 3 is 1.96 bits per heavy atom. The molecule has 2 aliphatic carbocycles. The van der Waals surface area contributed by atoms with Gasteiger partial charge in [-0.3, -0.25) is 0 Å². The predicted molar refractivity (Wildman–Crippen MR) is 258 cm³/mol. The second-order valence-corrected chi connectivity index (χ2v) is 18.8. The summed E-state index contributed by atoms with van der Waals surface area (Å²) in [7, 11) is 0. The van der Waals surface area contributed by atoms with E-state index >= 15 is 0 Å². The van der Waals surface area contributed by atoms with Crippen molar-refractivity contribution in [1.82, 2.24) is 10.2 Å². The summed E-state index contributed by atoms with van der Waals surface area (Å²) in [6.07, 6.45) is 26.8. The van der Waals surface area contributed by atoms with Gasteiger partial charge in [-0.05, 0) is 115 Å². The summed E-state index contributed by atoms with van der Waals surface area (Å²) in [6.45, 7) is 39.9. The number of allylic oxidation sites excluding steroid dienone is 3. The van der Waals surface area contributed by atoms with Crippen LogP contribution in [0.3, 0.4) is 0 Å². The third-order valence-electron chi connectivity index (χ3n) is 12.1. The number of piperidine rings is 1. The zero-order valence-corrected chi connectivity index (χ0v) is 39.5. The first-order valence-electron chi connectivity index (χ1n) is 23.7. The second kappa shape index (κ2) is 26.9. The highest BCUT2D eigenvalue weighted by Gasteiger charge is 2.22. The highest BCUT2D eigenvalue weighted by atomic mass is 15.2. The summed E-state index contributed by atoms with van der Waals surface area (Å²) in [6, 6.07) is 14.2. The Morgan fingerprint density at radius 1 is 0.789 bits per heavy atom. The van der Waals surface area contributed by atoms with Crippen LogP contribution in [0.5, 0.6) is 0 Å². The summed E-state index contributed by atoms with van der Waals surface area (Å²) >= 11 is 0. The molecule has 5 rings (SSSR count). The molecule has 1 atom stereocenters. The van der Waals surface area contributed by atoms with Gasteiger partial charge in [0.1, 0.15) is 0 Å². The smallest absolute Gasteiger partial charge is 0.0433 e. The van der Waals surface area contributed by atoms with E-state index in [0.29, 0.717) is 12.0 Å². The van der Waals surface area contributed by atoms with E-state index < -0.39 is 0 Å². The monoisotopic (exact) mass is 779 g/mol. The van der Waals surface area contributed by atoms with E-state index in [4.69, 9.17) is 0 Å². The lowest BCUT2D eigenvalue weighted by Crippen LogP contribution is -2.46. The first-order valence-corrected chi connectivity index (χ1v) is 23.7. The zero-order chi connectivity index (χ0) is 42.4. The van der Waals surface area contributed by atoms with Gasteiger partial charge in [-0.15, -0.1) is 0 Å². The largest absolute Gasteiger partial charge is 0.384 e. The minimum Gasteiger partial charge on any atom is -0.384 e. The highest BCUT2D eigenvalue weighted by molar-refractivity contribution is 5.87. The van der Waals surface area contributed by atoms with Crippen molar-refractivity contribution >= 4 is 17.3 Å². The molecule has 320 valence electrons. The van der Waals surface area contributed by atoms with E-state index in [-0.39, 0.29) is 5.41 Å². The van der Waals surface area contributed by atoms with Gasteiger partial charge in [0.05, 0.1) is 0 Å². The minimum absolute atomic E-state index is 0.245. The van der Waals surface area contributed by atoms with Gasteiger partial charge in [0.15, 0.2) is 0 Å². The average molecular weight is 779 g/mol. The molecule has 3 aliphatic rings. The number of nitrogens with one attached hydrogen (secondary N) is 1. The van der Waals surface area contributed by atoms with Crippen LogP contribution in [0.4, 0.5) is 0 Å². The van der Waals surface area contributed by atoms with Gasteiger partial charge in [-0.2, -0.15) is 0 Å². The van der Waals surface area contributed by atoms with Crippen LogP contribution in [0.2, 0.25) is 0 Å². The molecule has 3 fully saturated rings. The van der Waals surface area contributed by atoms with Gasteiger partial charge >= 0.3 is 0 Å². The van der Waals surface area contributed by atoms with E-state index in [1.165, 1.54) is 148 Å². The Morgan fingerprint density at radius 2 is 1.40 bits per heavy atom. The maximum Gasteiger partial charge on any atom is 0.0433 e. The van der Waals surface area contributed by atoms with Crippen molar-refractivity contribution in [3.63, 3.8) is 0 Å². The molecular weight excluding hydrogens is 689 g/mol. The number of benzene rings is 2. The topological polar surface area (TPSA) is 15.3 Å². The van der Waals surface area contributed by atoms with Crippen LogP contribution in [0, 0.1) is 25.2 Å². The molecule has 1 saturated heterocycles. The van der Waals surface area contributed by atoms with Crippen molar-refractivity contribution in [1.29, 1.82) is 0 Å². The summed E-state index contributed by atoms with van der Waals surface area (Å²) in [4.78, 5) is 2.56. The van der Waals surface area contributed by atoms with Gasteiger partial charge in [0.25, 0.3) is 0 Å². The van der Waals surface area contributed by atoms with Crippen molar-refractivity contribution in [3.05, 3.63) is 100 Å². The van der Waals surface area contributed by atoms with Crippen molar-refractivity contribution in [2.75, 3.05) is 13.1 Å². The zero-order valence-electron chi connectivity index (χ0n) is 39.5. The van der Waals surface area contributed by atoms with Crippen LogP contribution < -0.4 is 15.8 Å². The molecule has 1 heterocycles.